The van der Waals surface area contributed by atoms with E-state index in [-0.39, 0.29) is 5.60 Å². The van der Waals surface area contributed by atoms with Crippen LogP contribution in [-0.4, -0.2) is 45.1 Å². The van der Waals surface area contributed by atoms with Crippen molar-refractivity contribution in [3.63, 3.8) is 0 Å². The normalized spacial score (nSPS) is 14.9. The molecule has 0 radical (unpaired) electrons. The monoisotopic (exact) mass is 286 g/mol. The SMILES string of the molecule is CC(C)(C)OC(NCCOCCOCCN)=C1CCC1. The van der Waals surface area contributed by atoms with Gasteiger partial charge in [0.1, 0.15) is 5.60 Å². The number of ether oxygens (including phenoxy) is 3. The minimum Gasteiger partial charge on any atom is -0.474 e. The summed E-state index contributed by atoms with van der Waals surface area (Å²) >= 11 is 0. The lowest BCUT2D eigenvalue weighted by atomic mass is 9.92. The molecule has 1 rings (SSSR count). The van der Waals surface area contributed by atoms with E-state index < -0.39 is 0 Å². The zero-order valence-corrected chi connectivity index (χ0v) is 13.2. The molecule has 0 bridgehead atoms. The Balaban J connectivity index is 2.14. The van der Waals surface area contributed by atoms with Crippen LogP contribution in [0, 0.1) is 0 Å². The van der Waals surface area contributed by atoms with Crippen LogP contribution in [-0.2, 0) is 14.2 Å². The van der Waals surface area contributed by atoms with Crippen molar-refractivity contribution in [1.82, 2.24) is 5.32 Å². The maximum absolute atomic E-state index is 5.98. The fourth-order valence-electron chi connectivity index (χ4n) is 1.76. The summed E-state index contributed by atoms with van der Waals surface area (Å²) in [5, 5.41) is 3.35. The van der Waals surface area contributed by atoms with Crippen LogP contribution in [0.5, 0.6) is 0 Å². The van der Waals surface area contributed by atoms with Gasteiger partial charge in [-0.1, -0.05) is 0 Å². The van der Waals surface area contributed by atoms with Gasteiger partial charge >= 0.3 is 0 Å². The van der Waals surface area contributed by atoms with E-state index in [0.29, 0.717) is 33.0 Å². The van der Waals surface area contributed by atoms with E-state index in [9.17, 15) is 0 Å². The van der Waals surface area contributed by atoms with Crippen LogP contribution in [0.4, 0.5) is 0 Å². The fraction of sp³-hybridized carbons (Fsp3) is 0.867. The number of hydrogen-bond acceptors (Lipinski definition) is 5. The van der Waals surface area contributed by atoms with Gasteiger partial charge in [-0.2, -0.15) is 0 Å². The van der Waals surface area contributed by atoms with Crippen molar-refractivity contribution in [3.8, 4) is 0 Å². The van der Waals surface area contributed by atoms with Gasteiger partial charge in [0.15, 0.2) is 5.88 Å². The second-order valence-corrected chi connectivity index (χ2v) is 5.94. The molecule has 5 heteroatoms. The molecule has 1 aliphatic carbocycles. The summed E-state index contributed by atoms with van der Waals surface area (Å²) in [7, 11) is 0. The van der Waals surface area contributed by atoms with Crippen LogP contribution < -0.4 is 11.1 Å². The lowest BCUT2D eigenvalue weighted by Gasteiger charge is -2.29. The average Bonchev–Trinajstić information content (AvgIpc) is 2.28. The van der Waals surface area contributed by atoms with Crippen molar-refractivity contribution in [2.45, 2.75) is 45.6 Å². The summed E-state index contributed by atoms with van der Waals surface area (Å²) in [6, 6.07) is 0. The van der Waals surface area contributed by atoms with Gasteiger partial charge < -0.3 is 25.3 Å². The number of nitrogens with one attached hydrogen (secondary N) is 1. The van der Waals surface area contributed by atoms with Gasteiger partial charge in [0, 0.05) is 13.1 Å². The van der Waals surface area contributed by atoms with Crippen LogP contribution in [0.25, 0.3) is 0 Å². The Labute approximate surface area is 122 Å². The maximum atomic E-state index is 5.98. The van der Waals surface area contributed by atoms with Crippen LogP contribution in [0.3, 0.4) is 0 Å². The molecule has 0 aromatic carbocycles. The topological polar surface area (TPSA) is 65.7 Å². The Kier molecular flexibility index (Phi) is 7.95. The lowest BCUT2D eigenvalue weighted by molar-refractivity contribution is 0.0280. The largest absolute Gasteiger partial charge is 0.474 e. The molecular formula is C15H30N2O3. The first-order valence-corrected chi connectivity index (χ1v) is 7.53. The van der Waals surface area contributed by atoms with Gasteiger partial charge in [-0.05, 0) is 45.6 Å². The minimum atomic E-state index is -0.165. The molecule has 1 aliphatic rings. The summed E-state index contributed by atoms with van der Waals surface area (Å²) in [6.07, 6.45) is 3.56. The van der Waals surface area contributed by atoms with Crippen LogP contribution in [0.1, 0.15) is 40.0 Å². The quantitative estimate of drug-likeness (QED) is 0.473. The van der Waals surface area contributed by atoms with Gasteiger partial charge in [-0.3, -0.25) is 0 Å². The zero-order chi connectivity index (χ0) is 14.8. The number of nitrogens with two attached hydrogens (primary N) is 1. The Morgan fingerprint density at radius 3 is 2.25 bits per heavy atom. The van der Waals surface area contributed by atoms with E-state index >= 15 is 0 Å². The van der Waals surface area contributed by atoms with Crippen molar-refractivity contribution in [2.24, 2.45) is 5.73 Å². The molecule has 118 valence electrons. The Morgan fingerprint density at radius 2 is 1.75 bits per heavy atom. The summed E-state index contributed by atoms with van der Waals surface area (Å²) < 4.78 is 16.7. The Bertz CT molecular complexity index is 292. The molecule has 0 aliphatic heterocycles. The van der Waals surface area contributed by atoms with E-state index in [4.69, 9.17) is 19.9 Å². The first kappa shape index (κ1) is 17.3. The molecule has 0 spiro atoms. The highest BCUT2D eigenvalue weighted by Gasteiger charge is 2.20. The van der Waals surface area contributed by atoms with Gasteiger partial charge in [0.25, 0.3) is 0 Å². The van der Waals surface area contributed by atoms with Gasteiger partial charge in [-0.15, -0.1) is 0 Å². The molecule has 0 aromatic heterocycles. The Morgan fingerprint density at radius 1 is 1.10 bits per heavy atom. The highest BCUT2D eigenvalue weighted by atomic mass is 16.5. The van der Waals surface area contributed by atoms with Crippen LogP contribution >= 0.6 is 0 Å². The third-order valence-electron chi connectivity index (χ3n) is 2.85. The third kappa shape index (κ3) is 7.72. The van der Waals surface area contributed by atoms with Gasteiger partial charge in [0.05, 0.1) is 26.4 Å². The highest BCUT2D eigenvalue weighted by molar-refractivity contribution is 5.14. The minimum absolute atomic E-state index is 0.165. The smallest absolute Gasteiger partial charge is 0.186 e. The van der Waals surface area contributed by atoms with Crippen molar-refractivity contribution in [1.29, 1.82) is 0 Å². The molecule has 1 fully saturated rings. The Hall–Kier alpha value is -0.780. The molecule has 1 saturated carbocycles. The van der Waals surface area contributed by atoms with Crippen molar-refractivity contribution in [2.75, 3.05) is 39.5 Å². The van der Waals surface area contributed by atoms with Crippen LogP contribution in [0.15, 0.2) is 11.5 Å². The molecule has 0 aromatic rings. The van der Waals surface area contributed by atoms with Crippen molar-refractivity contribution >= 4 is 0 Å². The van der Waals surface area contributed by atoms with E-state index in [0.717, 1.165) is 25.3 Å². The molecule has 0 amide bonds. The fourth-order valence-corrected chi connectivity index (χ4v) is 1.76. The van der Waals surface area contributed by atoms with E-state index in [1.165, 1.54) is 12.0 Å². The molecule has 0 heterocycles. The molecule has 3 N–H and O–H groups in total. The van der Waals surface area contributed by atoms with Crippen molar-refractivity contribution in [3.05, 3.63) is 11.5 Å². The van der Waals surface area contributed by atoms with Crippen LogP contribution in [0.2, 0.25) is 0 Å². The number of rotatable bonds is 10. The standard InChI is InChI=1S/C15H30N2O3/c1-15(2,3)20-14(13-5-4-6-13)17-8-10-19-12-11-18-9-7-16/h17H,4-12,16H2,1-3H3. The van der Waals surface area contributed by atoms with Gasteiger partial charge in [-0.25, -0.2) is 0 Å². The molecule has 0 unspecified atom stereocenters. The lowest BCUT2D eigenvalue weighted by Crippen LogP contribution is -2.30. The van der Waals surface area contributed by atoms with E-state index in [2.05, 4.69) is 26.1 Å². The molecule has 0 atom stereocenters. The summed E-state index contributed by atoms with van der Waals surface area (Å²) in [5.41, 5.74) is 6.56. The second kappa shape index (κ2) is 9.21. The third-order valence-corrected chi connectivity index (χ3v) is 2.85. The average molecular weight is 286 g/mol. The molecule has 0 saturated heterocycles. The number of hydrogen-bond donors (Lipinski definition) is 2. The van der Waals surface area contributed by atoms with E-state index in [1.807, 2.05) is 0 Å². The number of allylic oxidation sites excluding steroid dienone is 1. The summed E-state index contributed by atoms with van der Waals surface area (Å²) in [6.45, 7) is 9.97. The second-order valence-electron chi connectivity index (χ2n) is 5.94. The zero-order valence-electron chi connectivity index (χ0n) is 13.2. The summed E-state index contributed by atoms with van der Waals surface area (Å²) in [4.78, 5) is 0. The molecule has 20 heavy (non-hydrogen) atoms. The van der Waals surface area contributed by atoms with Crippen molar-refractivity contribution < 1.29 is 14.2 Å². The molecular weight excluding hydrogens is 256 g/mol. The predicted molar refractivity (Wildman–Crippen MR) is 80.4 cm³/mol. The van der Waals surface area contributed by atoms with Gasteiger partial charge in [0.2, 0.25) is 0 Å². The highest BCUT2D eigenvalue weighted by Crippen LogP contribution is 2.29. The predicted octanol–water partition coefficient (Wildman–Crippen LogP) is 1.78. The summed E-state index contributed by atoms with van der Waals surface area (Å²) in [5.74, 6) is 0.951. The first-order chi connectivity index (χ1) is 9.53. The first-order valence-electron chi connectivity index (χ1n) is 7.53. The maximum Gasteiger partial charge on any atom is 0.186 e. The molecule has 5 nitrogen and oxygen atoms in total. The van der Waals surface area contributed by atoms with E-state index in [1.54, 1.807) is 0 Å².